The van der Waals surface area contributed by atoms with Crippen LogP contribution in [-0.4, -0.2) is 27.8 Å². The number of hydrogen-bond donors (Lipinski definition) is 1. The second-order valence-electron chi connectivity index (χ2n) is 7.48. The van der Waals surface area contributed by atoms with E-state index in [1.165, 1.54) is 5.56 Å². The van der Waals surface area contributed by atoms with Crippen LogP contribution >= 0.6 is 0 Å². The van der Waals surface area contributed by atoms with Crippen LogP contribution in [0.2, 0.25) is 0 Å². The molecule has 6 nitrogen and oxygen atoms in total. The number of unbranched alkanes of at least 4 members (excludes halogenated alkanes) is 1. The number of nitrogens with one attached hydrogen (secondary N) is 1. The average Bonchev–Trinajstić information content (AvgIpc) is 3.20. The summed E-state index contributed by atoms with van der Waals surface area (Å²) in [5, 5.41) is 7.50. The van der Waals surface area contributed by atoms with Crippen LogP contribution < -0.4 is 10.1 Å². The van der Waals surface area contributed by atoms with Gasteiger partial charge in [-0.2, -0.15) is 4.98 Å². The molecule has 3 rings (SSSR count). The number of amides is 1. The summed E-state index contributed by atoms with van der Waals surface area (Å²) in [4.78, 5) is 17.1. The Morgan fingerprint density at radius 3 is 2.40 bits per heavy atom. The van der Waals surface area contributed by atoms with E-state index in [4.69, 9.17) is 4.74 Å². The number of benzene rings is 2. The van der Waals surface area contributed by atoms with Crippen LogP contribution in [0.3, 0.4) is 0 Å². The van der Waals surface area contributed by atoms with E-state index in [2.05, 4.69) is 29.2 Å². The maximum Gasteiger partial charge on any atom is 0.336 e. The molecule has 0 aliphatic heterocycles. The molecule has 0 saturated heterocycles. The Bertz CT molecular complexity index is 962. The summed E-state index contributed by atoms with van der Waals surface area (Å²) in [5.41, 5.74) is 3.76. The molecule has 6 heteroatoms. The van der Waals surface area contributed by atoms with Gasteiger partial charge in [-0.25, -0.2) is 4.68 Å². The van der Waals surface area contributed by atoms with Gasteiger partial charge in [0.05, 0.1) is 12.8 Å². The first kappa shape index (κ1) is 21.6. The van der Waals surface area contributed by atoms with Crippen molar-refractivity contribution < 1.29 is 9.53 Å². The van der Waals surface area contributed by atoms with Crippen LogP contribution in [0.25, 0.3) is 17.1 Å². The molecule has 0 fully saturated rings. The highest BCUT2D eigenvalue weighted by Gasteiger charge is 2.17. The monoisotopic (exact) mass is 406 g/mol. The summed E-state index contributed by atoms with van der Waals surface area (Å²) >= 11 is 0. The van der Waals surface area contributed by atoms with E-state index >= 15 is 0 Å². The van der Waals surface area contributed by atoms with Gasteiger partial charge >= 0.3 is 6.01 Å². The molecule has 1 unspecified atom stereocenters. The molecule has 1 aromatic heterocycles. The molecule has 3 aromatic rings. The quantitative estimate of drug-likeness (QED) is 0.516. The summed E-state index contributed by atoms with van der Waals surface area (Å²) in [6.45, 7) is 6.26. The summed E-state index contributed by atoms with van der Waals surface area (Å²) in [7, 11) is 1.56. The number of anilines is 1. The maximum atomic E-state index is 12.6. The molecule has 0 radical (unpaired) electrons. The van der Waals surface area contributed by atoms with Crippen molar-refractivity contribution in [1.29, 1.82) is 0 Å². The zero-order valence-corrected chi connectivity index (χ0v) is 18.2. The number of rotatable bonds is 9. The predicted octanol–water partition coefficient (Wildman–Crippen LogP) is 5.41. The van der Waals surface area contributed by atoms with E-state index in [1.54, 1.807) is 11.8 Å². The molecule has 0 spiro atoms. The van der Waals surface area contributed by atoms with E-state index in [0.717, 1.165) is 42.6 Å². The van der Waals surface area contributed by atoms with Crippen molar-refractivity contribution in [2.75, 3.05) is 12.4 Å². The van der Waals surface area contributed by atoms with Crippen molar-refractivity contribution >= 4 is 11.6 Å². The van der Waals surface area contributed by atoms with E-state index in [-0.39, 0.29) is 11.8 Å². The van der Waals surface area contributed by atoms with Gasteiger partial charge in [-0.05, 0) is 44.0 Å². The molecule has 158 valence electrons. The SMILES string of the molecule is CCCCC(CC)C(=O)Nc1ccc(-n2nc(OC)nc2-c2ccc(C)cc2)cc1. The zero-order chi connectivity index (χ0) is 21.5. The van der Waals surface area contributed by atoms with Crippen molar-refractivity contribution in [3.8, 4) is 23.1 Å². The number of nitrogens with zero attached hydrogens (tertiary/aromatic N) is 3. The van der Waals surface area contributed by atoms with E-state index in [1.807, 2.05) is 55.5 Å². The number of methoxy groups -OCH3 is 1. The lowest BCUT2D eigenvalue weighted by Crippen LogP contribution is -2.22. The minimum atomic E-state index is 0.0531. The molecule has 0 aliphatic carbocycles. The van der Waals surface area contributed by atoms with Crippen LogP contribution in [0.5, 0.6) is 6.01 Å². The van der Waals surface area contributed by atoms with Gasteiger partial charge in [-0.3, -0.25) is 4.79 Å². The molecule has 1 heterocycles. The molecule has 1 atom stereocenters. The smallest absolute Gasteiger partial charge is 0.336 e. The zero-order valence-electron chi connectivity index (χ0n) is 18.2. The minimum Gasteiger partial charge on any atom is -0.466 e. The van der Waals surface area contributed by atoms with Gasteiger partial charge in [0.2, 0.25) is 5.91 Å². The summed E-state index contributed by atoms with van der Waals surface area (Å²) in [6.07, 6.45) is 3.95. The Labute approximate surface area is 178 Å². The third-order valence-electron chi connectivity index (χ3n) is 5.23. The standard InChI is InChI=1S/C24H30N4O2/c1-5-7-8-18(6-2)23(29)25-20-13-15-21(16-14-20)28-22(26-24(27-28)30-4)19-11-9-17(3)10-12-19/h9-16,18H,5-8H2,1-4H3,(H,25,29). The lowest BCUT2D eigenvalue weighted by molar-refractivity contribution is -0.120. The van der Waals surface area contributed by atoms with Crippen molar-refractivity contribution in [2.24, 2.45) is 5.92 Å². The van der Waals surface area contributed by atoms with Crippen LogP contribution in [0.4, 0.5) is 5.69 Å². The molecular formula is C24H30N4O2. The topological polar surface area (TPSA) is 69.0 Å². The molecule has 30 heavy (non-hydrogen) atoms. The van der Waals surface area contributed by atoms with Gasteiger partial charge in [0.15, 0.2) is 5.82 Å². The summed E-state index contributed by atoms with van der Waals surface area (Å²) < 4.78 is 7.00. The Morgan fingerprint density at radius 1 is 1.10 bits per heavy atom. The van der Waals surface area contributed by atoms with Crippen LogP contribution in [0.1, 0.15) is 45.1 Å². The second-order valence-corrected chi connectivity index (χ2v) is 7.48. The van der Waals surface area contributed by atoms with E-state index in [0.29, 0.717) is 11.8 Å². The highest BCUT2D eigenvalue weighted by molar-refractivity contribution is 5.92. The number of aryl methyl sites for hydroxylation is 1. The van der Waals surface area contributed by atoms with Crippen molar-refractivity contribution in [1.82, 2.24) is 14.8 Å². The van der Waals surface area contributed by atoms with Crippen molar-refractivity contribution in [3.63, 3.8) is 0 Å². The van der Waals surface area contributed by atoms with Crippen LogP contribution in [0.15, 0.2) is 48.5 Å². The van der Waals surface area contributed by atoms with Gasteiger partial charge in [0.1, 0.15) is 0 Å². The molecule has 1 N–H and O–H groups in total. The maximum absolute atomic E-state index is 12.6. The number of hydrogen-bond acceptors (Lipinski definition) is 4. The van der Waals surface area contributed by atoms with Crippen LogP contribution in [-0.2, 0) is 4.79 Å². The Balaban J connectivity index is 1.82. The fourth-order valence-electron chi connectivity index (χ4n) is 3.35. The van der Waals surface area contributed by atoms with Gasteiger partial charge in [-0.1, -0.05) is 56.5 Å². The van der Waals surface area contributed by atoms with Crippen LogP contribution in [0, 0.1) is 12.8 Å². The molecule has 0 bridgehead atoms. The summed E-state index contributed by atoms with van der Waals surface area (Å²) in [6, 6.07) is 16.1. The molecule has 0 saturated carbocycles. The first-order valence-corrected chi connectivity index (χ1v) is 10.5. The Kier molecular flexibility index (Phi) is 7.22. The predicted molar refractivity (Wildman–Crippen MR) is 120 cm³/mol. The third kappa shape index (κ3) is 5.06. The lowest BCUT2D eigenvalue weighted by atomic mass is 9.98. The van der Waals surface area contributed by atoms with Gasteiger partial charge in [0.25, 0.3) is 0 Å². The van der Waals surface area contributed by atoms with Gasteiger partial charge in [0, 0.05) is 17.2 Å². The fraction of sp³-hybridized carbons (Fsp3) is 0.375. The third-order valence-corrected chi connectivity index (χ3v) is 5.23. The van der Waals surface area contributed by atoms with Gasteiger partial charge in [-0.15, -0.1) is 5.10 Å². The minimum absolute atomic E-state index is 0.0531. The fourth-order valence-corrected chi connectivity index (χ4v) is 3.35. The highest BCUT2D eigenvalue weighted by atomic mass is 16.5. The number of carbonyl (C=O) groups excluding carboxylic acids is 1. The first-order chi connectivity index (χ1) is 14.5. The van der Waals surface area contributed by atoms with Crippen molar-refractivity contribution in [3.05, 3.63) is 54.1 Å². The first-order valence-electron chi connectivity index (χ1n) is 10.5. The van der Waals surface area contributed by atoms with E-state index in [9.17, 15) is 4.79 Å². The normalized spacial score (nSPS) is 11.9. The number of carbonyl (C=O) groups is 1. The molecule has 1 amide bonds. The highest BCUT2D eigenvalue weighted by Crippen LogP contribution is 2.25. The lowest BCUT2D eigenvalue weighted by Gasteiger charge is -2.15. The van der Waals surface area contributed by atoms with Crippen molar-refractivity contribution in [2.45, 2.75) is 46.5 Å². The van der Waals surface area contributed by atoms with Gasteiger partial charge < -0.3 is 10.1 Å². The molecular weight excluding hydrogens is 376 g/mol. The second kappa shape index (κ2) is 10.1. The molecule has 2 aromatic carbocycles. The van der Waals surface area contributed by atoms with E-state index < -0.39 is 0 Å². The Hall–Kier alpha value is -3.15. The number of ether oxygens (including phenoxy) is 1. The molecule has 0 aliphatic rings. The Morgan fingerprint density at radius 2 is 1.80 bits per heavy atom. The average molecular weight is 407 g/mol. The number of aromatic nitrogens is 3. The largest absolute Gasteiger partial charge is 0.466 e. The summed E-state index contributed by atoms with van der Waals surface area (Å²) in [5.74, 6) is 0.841.